The molecule has 0 bridgehead atoms. The Balaban J connectivity index is 1.16. The molecule has 0 saturated heterocycles. The molecule has 8 aromatic carbocycles. The summed E-state index contributed by atoms with van der Waals surface area (Å²) >= 11 is 0. The van der Waals surface area contributed by atoms with Gasteiger partial charge in [0, 0.05) is 16.7 Å². The molecule has 1 heterocycles. The van der Waals surface area contributed by atoms with E-state index in [1.54, 1.807) is 0 Å². The third-order valence-corrected chi connectivity index (χ3v) is 9.10. The van der Waals surface area contributed by atoms with Crippen LogP contribution >= 0.6 is 0 Å². The van der Waals surface area contributed by atoms with Crippen molar-refractivity contribution in [1.29, 1.82) is 0 Å². The average Bonchev–Trinajstić information content (AvgIpc) is 3.17. The topological polar surface area (TPSA) is 38.7 Å². The fourth-order valence-electron chi connectivity index (χ4n) is 6.54. The lowest BCUT2D eigenvalue weighted by atomic mass is 9.96. The Kier molecular flexibility index (Phi) is 6.80. The summed E-state index contributed by atoms with van der Waals surface area (Å²) in [5.74, 6) is 1.95. The first kappa shape index (κ1) is 27.8. The van der Waals surface area contributed by atoms with Gasteiger partial charge in [-0.3, -0.25) is 0 Å². The molecular weight excluding hydrogens is 583 g/mol. The van der Waals surface area contributed by atoms with Gasteiger partial charge >= 0.3 is 0 Å². The molecule has 0 N–H and O–H groups in total. The minimum absolute atomic E-state index is 0.645. The highest BCUT2D eigenvalue weighted by molar-refractivity contribution is 5.99. The molecule has 0 saturated carbocycles. The van der Waals surface area contributed by atoms with Crippen LogP contribution < -0.4 is 0 Å². The zero-order valence-corrected chi connectivity index (χ0v) is 26.1. The summed E-state index contributed by atoms with van der Waals surface area (Å²) in [4.78, 5) is 15.2. The number of hydrogen-bond acceptors (Lipinski definition) is 3. The molecule has 3 heteroatoms. The van der Waals surface area contributed by atoms with Crippen LogP contribution in [0.3, 0.4) is 0 Å². The standard InChI is InChI=1S/C45H29N3/c1-2-11-34(12-3-1)43-46-44(35-22-17-32(18-23-35)38-24-19-30-9-4-6-13-36(30)27-38)48-45(47-43)41-16-8-15-33-21-26-40(29-42(33)41)39-25-20-31-10-5-7-14-37(31)28-39/h1-29H. The molecule has 224 valence electrons. The maximum Gasteiger partial charge on any atom is 0.164 e. The molecule has 0 spiro atoms. The van der Waals surface area contributed by atoms with Gasteiger partial charge < -0.3 is 0 Å². The minimum Gasteiger partial charge on any atom is -0.208 e. The van der Waals surface area contributed by atoms with E-state index in [0.717, 1.165) is 38.6 Å². The predicted molar refractivity (Wildman–Crippen MR) is 200 cm³/mol. The van der Waals surface area contributed by atoms with E-state index in [0.29, 0.717) is 17.5 Å². The number of hydrogen-bond donors (Lipinski definition) is 0. The quantitative estimate of drug-likeness (QED) is 0.194. The van der Waals surface area contributed by atoms with Gasteiger partial charge in [-0.05, 0) is 72.8 Å². The third kappa shape index (κ3) is 5.18. The zero-order chi connectivity index (χ0) is 31.9. The molecule has 0 aliphatic carbocycles. The molecule has 9 rings (SSSR count). The van der Waals surface area contributed by atoms with Crippen molar-refractivity contribution >= 4 is 32.3 Å². The molecule has 0 unspecified atom stereocenters. The van der Waals surface area contributed by atoms with Crippen molar-refractivity contribution in [2.75, 3.05) is 0 Å². The van der Waals surface area contributed by atoms with Crippen molar-refractivity contribution in [3.05, 3.63) is 176 Å². The maximum atomic E-state index is 5.11. The van der Waals surface area contributed by atoms with Crippen molar-refractivity contribution < 1.29 is 0 Å². The van der Waals surface area contributed by atoms with Gasteiger partial charge in [-0.2, -0.15) is 0 Å². The Morgan fingerprint density at radius 2 is 0.688 bits per heavy atom. The first-order valence-corrected chi connectivity index (χ1v) is 16.2. The van der Waals surface area contributed by atoms with Crippen molar-refractivity contribution in [2.24, 2.45) is 0 Å². The van der Waals surface area contributed by atoms with Gasteiger partial charge in [0.25, 0.3) is 0 Å². The van der Waals surface area contributed by atoms with Crippen LogP contribution in [-0.4, -0.2) is 15.0 Å². The van der Waals surface area contributed by atoms with Crippen molar-refractivity contribution in [3.8, 4) is 56.4 Å². The lowest BCUT2D eigenvalue weighted by molar-refractivity contribution is 1.08. The normalized spacial score (nSPS) is 11.3. The van der Waals surface area contributed by atoms with E-state index in [4.69, 9.17) is 15.0 Å². The summed E-state index contributed by atoms with van der Waals surface area (Å²) in [7, 11) is 0. The number of rotatable bonds is 5. The highest BCUT2D eigenvalue weighted by atomic mass is 15.0. The summed E-state index contributed by atoms with van der Waals surface area (Å²) in [6, 6.07) is 61.8. The van der Waals surface area contributed by atoms with E-state index in [1.165, 1.54) is 32.7 Å². The molecule has 0 atom stereocenters. The van der Waals surface area contributed by atoms with Gasteiger partial charge in [0.15, 0.2) is 17.5 Å². The van der Waals surface area contributed by atoms with Gasteiger partial charge in [0.1, 0.15) is 0 Å². The Bertz CT molecular complexity index is 2610. The molecule has 0 fully saturated rings. The van der Waals surface area contributed by atoms with E-state index in [9.17, 15) is 0 Å². The number of benzene rings is 8. The summed E-state index contributed by atoms with van der Waals surface area (Å²) in [6.45, 7) is 0. The van der Waals surface area contributed by atoms with Gasteiger partial charge in [0.05, 0.1) is 0 Å². The van der Waals surface area contributed by atoms with Crippen LogP contribution in [0.4, 0.5) is 0 Å². The molecule has 9 aromatic rings. The SMILES string of the molecule is c1ccc(-c2nc(-c3ccc(-c4ccc5ccccc5c4)cc3)nc(-c3cccc4ccc(-c5ccc6ccccc6c5)cc34)n2)cc1. The minimum atomic E-state index is 0.645. The third-order valence-electron chi connectivity index (χ3n) is 9.10. The molecule has 1 aromatic heterocycles. The molecular formula is C45H29N3. The summed E-state index contributed by atoms with van der Waals surface area (Å²) in [5, 5.41) is 7.17. The highest BCUT2D eigenvalue weighted by Crippen LogP contribution is 2.34. The van der Waals surface area contributed by atoms with Crippen LogP contribution in [0.2, 0.25) is 0 Å². The fraction of sp³-hybridized carbons (Fsp3) is 0. The fourth-order valence-corrected chi connectivity index (χ4v) is 6.54. The lowest BCUT2D eigenvalue weighted by Gasteiger charge is -2.12. The average molecular weight is 612 g/mol. The molecule has 48 heavy (non-hydrogen) atoms. The first-order chi connectivity index (χ1) is 23.7. The van der Waals surface area contributed by atoms with Crippen molar-refractivity contribution in [2.45, 2.75) is 0 Å². The van der Waals surface area contributed by atoms with Crippen LogP contribution in [0.1, 0.15) is 0 Å². The Morgan fingerprint density at radius 3 is 1.33 bits per heavy atom. The summed E-state index contributed by atoms with van der Waals surface area (Å²) in [6.07, 6.45) is 0. The van der Waals surface area contributed by atoms with Crippen LogP contribution in [0.5, 0.6) is 0 Å². The van der Waals surface area contributed by atoms with E-state index in [2.05, 4.69) is 146 Å². The van der Waals surface area contributed by atoms with Gasteiger partial charge in [0.2, 0.25) is 0 Å². The lowest BCUT2D eigenvalue weighted by Crippen LogP contribution is -2.00. The smallest absolute Gasteiger partial charge is 0.164 e. The summed E-state index contributed by atoms with van der Waals surface area (Å²) in [5.41, 5.74) is 7.53. The highest BCUT2D eigenvalue weighted by Gasteiger charge is 2.15. The van der Waals surface area contributed by atoms with E-state index in [-0.39, 0.29) is 0 Å². The van der Waals surface area contributed by atoms with Crippen molar-refractivity contribution in [3.63, 3.8) is 0 Å². The Morgan fingerprint density at radius 1 is 0.250 bits per heavy atom. The number of fused-ring (bicyclic) bond motifs is 3. The Hall–Kier alpha value is -6.45. The zero-order valence-electron chi connectivity index (χ0n) is 26.1. The van der Waals surface area contributed by atoms with Gasteiger partial charge in [-0.25, -0.2) is 15.0 Å². The van der Waals surface area contributed by atoms with Crippen LogP contribution in [0, 0.1) is 0 Å². The second-order valence-electron chi connectivity index (χ2n) is 12.1. The summed E-state index contributed by atoms with van der Waals surface area (Å²) < 4.78 is 0. The molecule has 0 radical (unpaired) electrons. The molecule has 3 nitrogen and oxygen atoms in total. The maximum absolute atomic E-state index is 5.11. The monoisotopic (exact) mass is 611 g/mol. The Labute approximate surface area is 278 Å². The van der Waals surface area contributed by atoms with Crippen LogP contribution in [0.25, 0.3) is 88.7 Å². The van der Waals surface area contributed by atoms with E-state index < -0.39 is 0 Å². The first-order valence-electron chi connectivity index (χ1n) is 16.2. The van der Waals surface area contributed by atoms with Crippen LogP contribution in [0.15, 0.2) is 176 Å². The van der Waals surface area contributed by atoms with Crippen molar-refractivity contribution in [1.82, 2.24) is 15.0 Å². The predicted octanol–water partition coefficient (Wildman–Crippen LogP) is 11.7. The van der Waals surface area contributed by atoms with Gasteiger partial charge in [-0.1, -0.05) is 158 Å². The van der Waals surface area contributed by atoms with E-state index >= 15 is 0 Å². The number of nitrogens with zero attached hydrogens (tertiary/aromatic N) is 3. The largest absolute Gasteiger partial charge is 0.208 e. The molecule has 0 aliphatic rings. The number of aromatic nitrogens is 3. The second kappa shape index (κ2) is 11.7. The van der Waals surface area contributed by atoms with E-state index in [1.807, 2.05) is 30.3 Å². The molecule has 0 aliphatic heterocycles. The molecule has 0 amide bonds. The van der Waals surface area contributed by atoms with Crippen LogP contribution in [-0.2, 0) is 0 Å². The second-order valence-corrected chi connectivity index (χ2v) is 12.1. The van der Waals surface area contributed by atoms with Gasteiger partial charge in [-0.15, -0.1) is 0 Å².